The molecule has 1 aromatic rings. The largest absolute Gasteiger partial charge is 0.396 e. The van der Waals surface area contributed by atoms with Crippen molar-refractivity contribution in [1.29, 1.82) is 0 Å². The lowest BCUT2D eigenvalue weighted by Gasteiger charge is -2.04. The molecule has 0 saturated carbocycles. The van der Waals surface area contributed by atoms with E-state index in [1.807, 2.05) is 0 Å². The number of aliphatic hydroxyl groups is 1. The molecule has 0 unspecified atom stereocenters. The summed E-state index contributed by atoms with van der Waals surface area (Å²) in [6.45, 7) is 0.472. The summed E-state index contributed by atoms with van der Waals surface area (Å²) in [5.41, 5.74) is 0.0860. The topological polar surface area (TPSA) is 49.3 Å². The summed E-state index contributed by atoms with van der Waals surface area (Å²) >= 11 is 0. The van der Waals surface area contributed by atoms with Crippen LogP contribution in [0.2, 0.25) is 0 Å². The predicted molar refractivity (Wildman–Crippen MR) is 55.0 cm³/mol. The molecular weight excluding hydrogens is 216 g/mol. The first-order chi connectivity index (χ1) is 7.65. The van der Waals surface area contributed by atoms with Gasteiger partial charge >= 0.3 is 0 Å². The molecule has 0 saturated heterocycles. The fourth-order valence-electron chi connectivity index (χ4n) is 1.18. The van der Waals surface area contributed by atoms with Crippen molar-refractivity contribution in [2.75, 3.05) is 13.2 Å². The average molecular weight is 229 g/mol. The number of hydrogen-bond acceptors (Lipinski definition) is 2. The monoisotopic (exact) mass is 229 g/mol. The van der Waals surface area contributed by atoms with Crippen LogP contribution in [0.3, 0.4) is 0 Å². The Morgan fingerprint density at radius 3 is 2.62 bits per heavy atom. The number of benzene rings is 1. The summed E-state index contributed by atoms with van der Waals surface area (Å²) in [5.74, 6) is -2.46. The van der Waals surface area contributed by atoms with Gasteiger partial charge in [0.05, 0.1) is 0 Å². The number of amides is 1. The molecule has 0 atom stereocenters. The third kappa shape index (κ3) is 3.58. The number of unbranched alkanes of at least 4 members (excludes halogenated alkanes) is 1. The fourth-order valence-corrected chi connectivity index (χ4v) is 1.18. The highest BCUT2D eigenvalue weighted by Crippen LogP contribution is 2.08. The molecule has 3 nitrogen and oxygen atoms in total. The van der Waals surface area contributed by atoms with Gasteiger partial charge in [-0.3, -0.25) is 4.79 Å². The van der Waals surface area contributed by atoms with Gasteiger partial charge in [-0.1, -0.05) is 0 Å². The normalized spacial score (nSPS) is 10.2. The first-order valence-corrected chi connectivity index (χ1v) is 4.99. The van der Waals surface area contributed by atoms with E-state index in [1.54, 1.807) is 0 Å². The van der Waals surface area contributed by atoms with Crippen LogP contribution in [-0.2, 0) is 0 Å². The zero-order valence-electron chi connectivity index (χ0n) is 8.67. The maximum Gasteiger partial charge on any atom is 0.251 e. The van der Waals surface area contributed by atoms with Gasteiger partial charge in [-0.05, 0) is 31.0 Å². The molecule has 0 spiro atoms. The molecule has 1 rings (SSSR count). The maximum atomic E-state index is 12.8. The highest BCUT2D eigenvalue weighted by atomic mass is 19.2. The summed E-state index contributed by atoms with van der Waals surface area (Å²) in [5, 5.41) is 11.1. The zero-order valence-corrected chi connectivity index (χ0v) is 8.67. The molecule has 0 aliphatic rings. The number of carbonyl (C=O) groups is 1. The minimum absolute atomic E-state index is 0.0705. The van der Waals surface area contributed by atoms with Crippen LogP contribution < -0.4 is 5.32 Å². The minimum atomic E-state index is -1.04. The van der Waals surface area contributed by atoms with E-state index >= 15 is 0 Å². The molecule has 5 heteroatoms. The number of aliphatic hydroxyl groups excluding tert-OH is 1. The third-order valence-corrected chi connectivity index (χ3v) is 2.05. The number of nitrogens with one attached hydrogen (secondary N) is 1. The third-order valence-electron chi connectivity index (χ3n) is 2.05. The SMILES string of the molecule is O=C(NCCCCO)c1ccc(F)c(F)c1. The van der Waals surface area contributed by atoms with Gasteiger partial charge in [-0.15, -0.1) is 0 Å². The highest BCUT2D eigenvalue weighted by molar-refractivity contribution is 5.94. The summed E-state index contributed by atoms with van der Waals surface area (Å²) in [4.78, 5) is 11.4. The van der Waals surface area contributed by atoms with Crippen molar-refractivity contribution in [3.8, 4) is 0 Å². The second-order valence-corrected chi connectivity index (χ2v) is 3.32. The second-order valence-electron chi connectivity index (χ2n) is 3.32. The quantitative estimate of drug-likeness (QED) is 0.751. The minimum Gasteiger partial charge on any atom is -0.396 e. The summed E-state index contributed by atoms with van der Waals surface area (Å²) in [6, 6.07) is 2.99. The van der Waals surface area contributed by atoms with Crippen LogP contribution in [0.5, 0.6) is 0 Å². The van der Waals surface area contributed by atoms with E-state index in [0.717, 1.165) is 12.1 Å². The van der Waals surface area contributed by atoms with Gasteiger partial charge in [0.2, 0.25) is 0 Å². The number of halogens is 2. The Bertz CT molecular complexity index is 369. The summed E-state index contributed by atoms with van der Waals surface area (Å²) < 4.78 is 25.4. The van der Waals surface area contributed by atoms with Crippen LogP contribution in [0.25, 0.3) is 0 Å². The van der Waals surface area contributed by atoms with Gasteiger partial charge in [0, 0.05) is 18.7 Å². The molecule has 88 valence electrons. The standard InChI is InChI=1S/C11H13F2NO2/c12-9-4-3-8(7-10(9)13)11(16)14-5-1-2-6-15/h3-4,7,15H,1-2,5-6H2,(H,14,16). The van der Waals surface area contributed by atoms with Gasteiger partial charge in [0.25, 0.3) is 5.91 Å². The van der Waals surface area contributed by atoms with Crippen molar-refractivity contribution in [3.05, 3.63) is 35.4 Å². The Morgan fingerprint density at radius 1 is 1.25 bits per heavy atom. The van der Waals surface area contributed by atoms with Crippen LogP contribution in [0.4, 0.5) is 8.78 Å². The Balaban J connectivity index is 2.50. The molecule has 0 aliphatic carbocycles. The Labute approximate surface area is 92.1 Å². The molecule has 0 bridgehead atoms. The second kappa shape index (κ2) is 6.17. The van der Waals surface area contributed by atoms with Crippen molar-refractivity contribution < 1.29 is 18.7 Å². The van der Waals surface area contributed by atoms with Crippen molar-refractivity contribution in [2.45, 2.75) is 12.8 Å². The number of rotatable bonds is 5. The molecule has 0 radical (unpaired) electrons. The molecule has 1 amide bonds. The van der Waals surface area contributed by atoms with E-state index in [4.69, 9.17) is 5.11 Å². The lowest BCUT2D eigenvalue weighted by atomic mass is 10.2. The van der Waals surface area contributed by atoms with Crippen LogP contribution >= 0.6 is 0 Å². The lowest BCUT2D eigenvalue weighted by Crippen LogP contribution is -2.24. The Kier molecular flexibility index (Phi) is 4.85. The molecule has 2 N–H and O–H groups in total. The molecule has 0 heterocycles. The summed E-state index contributed by atoms with van der Waals surface area (Å²) in [6.07, 6.45) is 1.24. The fraction of sp³-hybridized carbons (Fsp3) is 0.364. The van der Waals surface area contributed by atoms with Crippen molar-refractivity contribution in [3.63, 3.8) is 0 Å². The molecule has 0 aliphatic heterocycles. The smallest absolute Gasteiger partial charge is 0.251 e. The summed E-state index contributed by atoms with van der Waals surface area (Å²) in [7, 11) is 0. The molecule has 0 aromatic heterocycles. The zero-order chi connectivity index (χ0) is 12.0. The highest BCUT2D eigenvalue weighted by Gasteiger charge is 2.08. The number of carbonyl (C=O) groups excluding carboxylic acids is 1. The van der Waals surface area contributed by atoms with E-state index in [9.17, 15) is 13.6 Å². The van der Waals surface area contributed by atoms with E-state index in [0.29, 0.717) is 19.4 Å². The molecule has 1 aromatic carbocycles. The van der Waals surface area contributed by atoms with E-state index in [-0.39, 0.29) is 12.2 Å². The van der Waals surface area contributed by atoms with E-state index in [2.05, 4.69) is 5.32 Å². The van der Waals surface area contributed by atoms with Crippen LogP contribution in [-0.4, -0.2) is 24.2 Å². The first-order valence-electron chi connectivity index (χ1n) is 4.99. The van der Waals surface area contributed by atoms with E-state index in [1.165, 1.54) is 6.07 Å². The van der Waals surface area contributed by atoms with Crippen molar-refractivity contribution in [1.82, 2.24) is 5.32 Å². The van der Waals surface area contributed by atoms with Crippen LogP contribution in [0, 0.1) is 11.6 Å². The van der Waals surface area contributed by atoms with Gasteiger partial charge in [0.15, 0.2) is 11.6 Å². The Morgan fingerprint density at radius 2 is 2.00 bits per heavy atom. The average Bonchev–Trinajstić information content (AvgIpc) is 2.28. The van der Waals surface area contributed by atoms with Crippen molar-refractivity contribution >= 4 is 5.91 Å². The number of hydrogen-bond donors (Lipinski definition) is 2. The van der Waals surface area contributed by atoms with Gasteiger partial charge in [-0.2, -0.15) is 0 Å². The maximum absolute atomic E-state index is 12.8. The lowest BCUT2D eigenvalue weighted by molar-refractivity contribution is 0.0951. The van der Waals surface area contributed by atoms with Gasteiger partial charge < -0.3 is 10.4 Å². The van der Waals surface area contributed by atoms with Gasteiger partial charge in [0.1, 0.15) is 0 Å². The van der Waals surface area contributed by atoms with Crippen LogP contribution in [0.1, 0.15) is 23.2 Å². The molecular formula is C11H13F2NO2. The predicted octanol–water partition coefficient (Wildman–Crippen LogP) is 1.47. The first kappa shape index (κ1) is 12.6. The van der Waals surface area contributed by atoms with E-state index < -0.39 is 17.5 Å². The molecule has 0 fully saturated rings. The van der Waals surface area contributed by atoms with Gasteiger partial charge in [-0.25, -0.2) is 8.78 Å². The Hall–Kier alpha value is -1.49. The van der Waals surface area contributed by atoms with Crippen LogP contribution in [0.15, 0.2) is 18.2 Å². The molecule has 16 heavy (non-hydrogen) atoms. The van der Waals surface area contributed by atoms with Crippen molar-refractivity contribution in [2.24, 2.45) is 0 Å².